The van der Waals surface area contributed by atoms with Gasteiger partial charge in [0.25, 0.3) is 0 Å². The lowest BCUT2D eigenvalue weighted by atomic mass is 10.1. The SMILES string of the molecule is c1ccc(CN2CCCC2)c(CNc2ncnc3[nH]ncc23)c1. The first-order valence-corrected chi connectivity index (χ1v) is 8.07. The Bertz CT molecular complexity index is 790. The van der Waals surface area contributed by atoms with E-state index >= 15 is 0 Å². The highest BCUT2D eigenvalue weighted by atomic mass is 15.2. The second-order valence-corrected chi connectivity index (χ2v) is 5.96. The summed E-state index contributed by atoms with van der Waals surface area (Å²) in [5.74, 6) is 0.819. The molecule has 6 heteroatoms. The molecule has 1 aromatic carbocycles. The van der Waals surface area contributed by atoms with Crippen molar-refractivity contribution in [3.05, 3.63) is 47.9 Å². The van der Waals surface area contributed by atoms with Crippen LogP contribution < -0.4 is 5.32 Å². The summed E-state index contributed by atoms with van der Waals surface area (Å²) in [7, 11) is 0. The fourth-order valence-corrected chi connectivity index (χ4v) is 3.15. The number of rotatable bonds is 5. The number of aromatic amines is 1. The fourth-order valence-electron chi connectivity index (χ4n) is 3.15. The molecule has 6 nitrogen and oxygen atoms in total. The van der Waals surface area contributed by atoms with Gasteiger partial charge in [-0.15, -0.1) is 0 Å². The minimum atomic E-state index is 0.751. The van der Waals surface area contributed by atoms with E-state index < -0.39 is 0 Å². The Hall–Kier alpha value is -2.47. The Morgan fingerprint density at radius 3 is 2.78 bits per heavy atom. The summed E-state index contributed by atoms with van der Waals surface area (Å²) in [5, 5.41) is 11.2. The summed E-state index contributed by atoms with van der Waals surface area (Å²) in [4.78, 5) is 11.0. The highest BCUT2D eigenvalue weighted by Crippen LogP contribution is 2.20. The molecule has 1 aliphatic heterocycles. The Balaban J connectivity index is 1.51. The second kappa shape index (κ2) is 6.34. The molecule has 3 aromatic rings. The van der Waals surface area contributed by atoms with Crippen LogP contribution in [-0.2, 0) is 13.1 Å². The maximum Gasteiger partial charge on any atom is 0.160 e. The van der Waals surface area contributed by atoms with Gasteiger partial charge in [0.05, 0.1) is 11.6 Å². The lowest BCUT2D eigenvalue weighted by molar-refractivity contribution is 0.330. The van der Waals surface area contributed by atoms with Gasteiger partial charge in [-0.3, -0.25) is 10.00 Å². The van der Waals surface area contributed by atoms with Gasteiger partial charge in [-0.1, -0.05) is 24.3 Å². The average Bonchev–Trinajstić information content (AvgIpc) is 3.25. The molecule has 0 amide bonds. The van der Waals surface area contributed by atoms with Crippen molar-refractivity contribution in [2.75, 3.05) is 18.4 Å². The smallest absolute Gasteiger partial charge is 0.160 e. The Morgan fingerprint density at radius 1 is 1.09 bits per heavy atom. The summed E-state index contributed by atoms with van der Waals surface area (Å²) in [6, 6.07) is 8.63. The van der Waals surface area contributed by atoms with Crippen LogP contribution in [0.3, 0.4) is 0 Å². The average molecular weight is 308 g/mol. The van der Waals surface area contributed by atoms with Crippen LogP contribution in [0.4, 0.5) is 5.82 Å². The maximum absolute atomic E-state index is 4.33. The van der Waals surface area contributed by atoms with Gasteiger partial charge in [0.1, 0.15) is 12.1 Å². The molecule has 23 heavy (non-hydrogen) atoms. The van der Waals surface area contributed by atoms with Crippen LogP contribution in [-0.4, -0.2) is 38.2 Å². The number of nitrogens with zero attached hydrogens (tertiary/aromatic N) is 4. The van der Waals surface area contributed by atoms with Crippen molar-refractivity contribution in [1.82, 2.24) is 25.1 Å². The zero-order valence-corrected chi connectivity index (χ0v) is 13.0. The van der Waals surface area contributed by atoms with E-state index in [2.05, 4.69) is 54.6 Å². The van der Waals surface area contributed by atoms with Gasteiger partial charge in [-0.25, -0.2) is 9.97 Å². The number of nitrogens with one attached hydrogen (secondary N) is 2. The van der Waals surface area contributed by atoms with Crippen LogP contribution in [0.1, 0.15) is 24.0 Å². The van der Waals surface area contributed by atoms with Crippen molar-refractivity contribution in [2.24, 2.45) is 0 Å². The van der Waals surface area contributed by atoms with Crippen LogP contribution in [0.5, 0.6) is 0 Å². The number of H-pyrrole nitrogens is 1. The fraction of sp³-hybridized carbons (Fsp3) is 0.353. The molecule has 3 heterocycles. The van der Waals surface area contributed by atoms with Crippen LogP contribution in [0, 0.1) is 0 Å². The molecule has 0 radical (unpaired) electrons. The van der Waals surface area contributed by atoms with Gasteiger partial charge in [0.15, 0.2) is 5.65 Å². The van der Waals surface area contributed by atoms with Gasteiger partial charge in [0.2, 0.25) is 0 Å². The van der Waals surface area contributed by atoms with E-state index in [1.165, 1.54) is 37.1 Å². The third-order valence-corrected chi connectivity index (χ3v) is 4.41. The number of benzene rings is 1. The molecule has 0 spiro atoms. The van der Waals surface area contributed by atoms with Crippen molar-refractivity contribution >= 4 is 16.9 Å². The van der Waals surface area contributed by atoms with Gasteiger partial charge in [-0.05, 0) is 37.1 Å². The third kappa shape index (κ3) is 3.03. The molecule has 0 atom stereocenters. The predicted octanol–water partition coefficient (Wildman–Crippen LogP) is 2.56. The summed E-state index contributed by atoms with van der Waals surface area (Å²) in [6.45, 7) is 4.21. The van der Waals surface area contributed by atoms with Crippen molar-refractivity contribution in [1.29, 1.82) is 0 Å². The molecular weight excluding hydrogens is 288 g/mol. The molecule has 4 rings (SSSR count). The summed E-state index contributed by atoms with van der Waals surface area (Å²) in [5.41, 5.74) is 3.46. The van der Waals surface area contributed by atoms with E-state index in [4.69, 9.17) is 0 Å². The predicted molar refractivity (Wildman–Crippen MR) is 90.0 cm³/mol. The highest BCUT2D eigenvalue weighted by Gasteiger charge is 2.13. The van der Waals surface area contributed by atoms with Crippen LogP contribution in [0.2, 0.25) is 0 Å². The van der Waals surface area contributed by atoms with Gasteiger partial charge >= 0.3 is 0 Å². The molecule has 2 N–H and O–H groups in total. The van der Waals surface area contributed by atoms with E-state index in [1.54, 1.807) is 12.5 Å². The van der Waals surface area contributed by atoms with E-state index in [0.29, 0.717) is 0 Å². The number of anilines is 1. The molecular formula is C17H20N6. The molecule has 118 valence electrons. The van der Waals surface area contributed by atoms with E-state index in [-0.39, 0.29) is 0 Å². The summed E-state index contributed by atoms with van der Waals surface area (Å²) in [6.07, 6.45) is 5.95. The van der Waals surface area contributed by atoms with Crippen LogP contribution in [0.25, 0.3) is 11.0 Å². The van der Waals surface area contributed by atoms with Crippen molar-refractivity contribution in [3.63, 3.8) is 0 Å². The van der Waals surface area contributed by atoms with E-state index in [1.807, 2.05) is 0 Å². The van der Waals surface area contributed by atoms with Gasteiger partial charge < -0.3 is 5.32 Å². The first-order valence-electron chi connectivity index (χ1n) is 8.07. The van der Waals surface area contributed by atoms with Gasteiger partial charge in [-0.2, -0.15) is 5.10 Å². The number of hydrogen-bond acceptors (Lipinski definition) is 5. The van der Waals surface area contributed by atoms with Crippen LogP contribution in [0.15, 0.2) is 36.8 Å². The van der Waals surface area contributed by atoms with Crippen molar-refractivity contribution in [3.8, 4) is 0 Å². The standard InChI is InChI=1S/C17H20N6/c1-2-6-14(11-23-7-3-4-8-23)13(5-1)9-18-16-15-10-21-22-17(15)20-12-19-16/h1-2,5-6,10,12H,3-4,7-9,11H2,(H2,18,19,20,21,22). The number of likely N-dealkylation sites (tertiary alicyclic amines) is 1. The molecule has 0 saturated carbocycles. The molecule has 2 aromatic heterocycles. The summed E-state index contributed by atoms with van der Waals surface area (Å²) >= 11 is 0. The second-order valence-electron chi connectivity index (χ2n) is 5.96. The lowest BCUT2D eigenvalue weighted by Gasteiger charge is -2.18. The minimum Gasteiger partial charge on any atom is -0.365 e. The zero-order valence-electron chi connectivity index (χ0n) is 13.0. The lowest BCUT2D eigenvalue weighted by Crippen LogP contribution is -2.19. The Kier molecular flexibility index (Phi) is 3.90. The summed E-state index contributed by atoms with van der Waals surface area (Å²) < 4.78 is 0. The number of aromatic nitrogens is 4. The monoisotopic (exact) mass is 308 g/mol. The largest absolute Gasteiger partial charge is 0.365 e. The number of hydrogen-bond donors (Lipinski definition) is 2. The molecule has 0 bridgehead atoms. The molecule has 1 aliphatic rings. The zero-order chi connectivity index (χ0) is 15.5. The maximum atomic E-state index is 4.33. The minimum absolute atomic E-state index is 0.751. The normalized spacial score (nSPS) is 15.3. The van der Waals surface area contributed by atoms with Gasteiger partial charge in [0, 0.05) is 13.1 Å². The van der Waals surface area contributed by atoms with Crippen molar-refractivity contribution < 1.29 is 0 Å². The first-order chi connectivity index (χ1) is 11.4. The Morgan fingerprint density at radius 2 is 1.91 bits per heavy atom. The van der Waals surface area contributed by atoms with Crippen molar-refractivity contribution in [2.45, 2.75) is 25.9 Å². The Labute approximate surface area is 135 Å². The third-order valence-electron chi connectivity index (χ3n) is 4.41. The van der Waals surface area contributed by atoms with Crippen LogP contribution >= 0.6 is 0 Å². The molecule has 0 unspecified atom stereocenters. The molecule has 0 aliphatic carbocycles. The quantitative estimate of drug-likeness (QED) is 0.758. The van der Waals surface area contributed by atoms with E-state index in [9.17, 15) is 0 Å². The topological polar surface area (TPSA) is 69.7 Å². The molecule has 1 fully saturated rings. The highest BCUT2D eigenvalue weighted by molar-refractivity contribution is 5.85. The molecule has 1 saturated heterocycles. The van der Waals surface area contributed by atoms with E-state index in [0.717, 1.165) is 29.9 Å². The number of fused-ring (bicyclic) bond motifs is 1. The first kappa shape index (κ1) is 14.1.